The second-order valence-electron chi connectivity index (χ2n) is 4.62. The molecule has 0 unspecified atom stereocenters. The maximum absolute atomic E-state index is 12.0. The van der Waals surface area contributed by atoms with E-state index in [4.69, 9.17) is 5.84 Å². The van der Waals surface area contributed by atoms with E-state index < -0.39 is 0 Å². The highest BCUT2D eigenvalue weighted by Crippen LogP contribution is 2.26. The Morgan fingerprint density at radius 2 is 2.20 bits per heavy atom. The van der Waals surface area contributed by atoms with Crippen molar-refractivity contribution in [3.63, 3.8) is 0 Å². The van der Waals surface area contributed by atoms with Gasteiger partial charge in [-0.2, -0.15) is 4.98 Å². The third-order valence-electron chi connectivity index (χ3n) is 3.32. The van der Waals surface area contributed by atoms with Crippen LogP contribution >= 0.6 is 11.3 Å². The summed E-state index contributed by atoms with van der Waals surface area (Å²) in [4.78, 5) is 23.3. The summed E-state index contributed by atoms with van der Waals surface area (Å²) in [5.74, 6) is 6.44. The fourth-order valence-electron chi connectivity index (χ4n) is 2.29. The van der Waals surface area contributed by atoms with Gasteiger partial charge in [0.05, 0.1) is 11.9 Å². The maximum Gasteiger partial charge on any atom is 0.241 e. The molecule has 0 spiro atoms. The van der Waals surface area contributed by atoms with E-state index in [1.54, 1.807) is 0 Å². The molecule has 1 aliphatic heterocycles. The zero-order valence-electron chi connectivity index (χ0n) is 10.9. The van der Waals surface area contributed by atoms with E-state index in [-0.39, 0.29) is 12.5 Å². The first-order valence-corrected chi connectivity index (χ1v) is 7.39. The van der Waals surface area contributed by atoms with Gasteiger partial charge in [-0.25, -0.2) is 10.8 Å². The molecule has 1 saturated heterocycles. The fourth-order valence-corrected chi connectivity index (χ4v) is 3.06. The van der Waals surface area contributed by atoms with Gasteiger partial charge in [-0.15, -0.1) is 11.3 Å². The molecule has 0 atom stereocenters. The van der Waals surface area contributed by atoms with Crippen LogP contribution in [0.4, 0.5) is 11.8 Å². The number of carbonyl (C=O) groups is 1. The van der Waals surface area contributed by atoms with Crippen LogP contribution in [0.1, 0.15) is 12.8 Å². The van der Waals surface area contributed by atoms with Crippen LogP contribution < -0.4 is 16.6 Å². The Morgan fingerprint density at radius 1 is 1.40 bits per heavy atom. The Bertz CT molecular complexity index is 621. The van der Waals surface area contributed by atoms with Crippen LogP contribution in [0.15, 0.2) is 11.4 Å². The average molecular weight is 292 g/mol. The number of fused-ring (bicyclic) bond motifs is 1. The molecule has 7 nitrogen and oxygen atoms in total. The van der Waals surface area contributed by atoms with Crippen molar-refractivity contribution < 1.29 is 4.79 Å². The third-order valence-corrected chi connectivity index (χ3v) is 4.13. The van der Waals surface area contributed by atoms with Crippen LogP contribution in [0, 0.1) is 0 Å². The summed E-state index contributed by atoms with van der Waals surface area (Å²) in [6.45, 7) is 1.95. The largest absolute Gasteiger partial charge is 0.360 e. The summed E-state index contributed by atoms with van der Waals surface area (Å²) in [7, 11) is 0. The molecule has 1 fully saturated rings. The van der Waals surface area contributed by atoms with E-state index in [2.05, 4.69) is 20.7 Å². The monoisotopic (exact) mass is 292 g/mol. The second-order valence-corrected chi connectivity index (χ2v) is 5.52. The molecule has 1 amide bonds. The maximum atomic E-state index is 12.0. The van der Waals surface area contributed by atoms with Crippen molar-refractivity contribution in [2.24, 2.45) is 5.84 Å². The number of nitrogens with two attached hydrogens (primary N) is 1. The molecule has 3 heterocycles. The first kappa shape index (κ1) is 13.1. The summed E-state index contributed by atoms with van der Waals surface area (Å²) in [6, 6.07) is 1.93. The number of nitrogens with one attached hydrogen (secondary N) is 2. The zero-order chi connectivity index (χ0) is 13.9. The zero-order valence-corrected chi connectivity index (χ0v) is 11.7. The summed E-state index contributed by atoms with van der Waals surface area (Å²) < 4.78 is 0. The van der Waals surface area contributed by atoms with Crippen LogP contribution in [-0.2, 0) is 4.79 Å². The van der Waals surface area contributed by atoms with E-state index in [1.165, 1.54) is 11.3 Å². The Labute approximate surface area is 120 Å². The van der Waals surface area contributed by atoms with Gasteiger partial charge in [-0.05, 0) is 24.3 Å². The molecule has 2 aromatic rings. The number of likely N-dealkylation sites (tertiary alicyclic amines) is 1. The van der Waals surface area contributed by atoms with Crippen molar-refractivity contribution in [2.75, 3.05) is 30.4 Å². The number of hydrogen-bond donors (Lipinski definition) is 3. The Morgan fingerprint density at radius 3 is 2.95 bits per heavy atom. The van der Waals surface area contributed by atoms with Crippen molar-refractivity contribution in [1.82, 2.24) is 14.9 Å². The first-order valence-electron chi connectivity index (χ1n) is 6.51. The highest BCUT2D eigenvalue weighted by molar-refractivity contribution is 7.16. The van der Waals surface area contributed by atoms with Gasteiger partial charge in [0.15, 0.2) is 0 Å². The lowest BCUT2D eigenvalue weighted by atomic mass is 10.3. The molecule has 8 heteroatoms. The summed E-state index contributed by atoms with van der Waals surface area (Å²) >= 11 is 1.51. The lowest BCUT2D eigenvalue weighted by Crippen LogP contribution is -2.33. The molecule has 1 aliphatic rings. The lowest BCUT2D eigenvalue weighted by Gasteiger charge is -2.16. The molecule has 20 heavy (non-hydrogen) atoms. The Balaban J connectivity index is 1.76. The molecule has 0 radical (unpaired) electrons. The van der Waals surface area contributed by atoms with Gasteiger partial charge in [0, 0.05) is 13.1 Å². The topological polar surface area (TPSA) is 96.2 Å². The number of hydrogen-bond acceptors (Lipinski definition) is 7. The van der Waals surface area contributed by atoms with Gasteiger partial charge in [0.2, 0.25) is 11.9 Å². The number of amides is 1. The predicted molar refractivity (Wildman–Crippen MR) is 79.5 cm³/mol. The van der Waals surface area contributed by atoms with Gasteiger partial charge >= 0.3 is 0 Å². The minimum Gasteiger partial charge on any atom is -0.360 e. The number of hydrazine groups is 1. The molecule has 2 aromatic heterocycles. The lowest BCUT2D eigenvalue weighted by molar-refractivity contribution is -0.128. The minimum absolute atomic E-state index is 0.103. The van der Waals surface area contributed by atoms with Gasteiger partial charge in [0.1, 0.15) is 10.6 Å². The second kappa shape index (κ2) is 5.59. The Hall–Kier alpha value is -1.93. The van der Waals surface area contributed by atoms with Gasteiger partial charge in [-0.1, -0.05) is 0 Å². The minimum atomic E-state index is 0.103. The average Bonchev–Trinajstić information content (AvgIpc) is 3.14. The number of anilines is 2. The van der Waals surface area contributed by atoms with Crippen LogP contribution in [0.2, 0.25) is 0 Å². The number of carbonyl (C=O) groups excluding carboxylic acids is 1. The highest BCUT2D eigenvalue weighted by atomic mass is 32.1. The van der Waals surface area contributed by atoms with Gasteiger partial charge < -0.3 is 10.2 Å². The van der Waals surface area contributed by atoms with Gasteiger partial charge in [-0.3, -0.25) is 10.2 Å². The highest BCUT2D eigenvalue weighted by Gasteiger charge is 2.18. The normalized spacial score (nSPS) is 14.8. The predicted octanol–water partition coefficient (Wildman–Crippen LogP) is 1.01. The fraction of sp³-hybridized carbons (Fsp3) is 0.417. The number of rotatable bonds is 4. The molecule has 0 aliphatic carbocycles. The standard InChI is InChI=1S/C12H16N6OS/c13-17-12-15-10(8-3-6-20-11(8)16-12)14-7-9(19)18-4-1-2-5-18/h3,6H,1-2,4-5,7,13H2,(H2,14,15,16,17). The van der Waals surface area contributed by atoms with E-state index in [1.807, 2.05) is 16.3 Å². The summed E-state index contributed by atoms with van der Waals surface area (Å²) in [6.07, 6.45) is 2.19. The quantitative estimate of drug-likeness (QED) is 0.575. The molecule has 0 saturated carbocycles. The molecule has 4 N–H and O–H groups in total. The van der Waals surface area contributed by atoms with Crippen molar-refractivity contribution >= 4 is 39.2 Å². The van der Waals surface area contributed by atoms with Crippen molar-refractivity contribution in [2.45, 2.75) is 12.8 Å². The number of aromatic nitrogens is 2. The van der Waals surface area contributed by atoms with Crippen LogP contribution in [0.3, 0.4) is 0 Å². The van der Waals surface area contributed by atoms with E-state index in [0.717, 1.165) is 36.1 Å². The van der Waals surface area contributed by atoms with Crippen LogP contribution in [0.5, 0.6) is 0 Å². The number of nitrogen functional groups attached to an aromatic ring is 1. The van der Waals surface area contributed by atoms with Crippen molar-refractivity contribution in [3.8, 4) is 0 Å². The SMILES string of the molecule is NNc1nc(NCC(=O)N2CCCC2)c2ccsc2n1. The van der Waals surface area contributed by atoms with Gasteiger partial charge in [0.25, 0.3) is 0 Å². The molecule has 0 aromatic carbocycles. The molecular weight excluding hydrogens is 276 g/mol. The van der Waals surface area contributed by atoms with E-state index in [9.17, 15) is 4.79 Å². The van der Waals surface area contributed by atoms with Crippen molar-refractivity contribution in [3.05, 3.63) is 11.4 Å². The first-order chi connectivity index (χ1) is 9.78. The third kappa shape index (κ3) is 2.52. The van der Waals surface area contributed by atoms with E-state index >= 15 is 0 Å². The van der Waals surface area contributed by atoms with Crippen molar-refractivity contribution in [1.29, 1.82) is 0 Å². The molecular formula is C12H16N6OS. The van der Waals surface area contributed by atoms with Crippen LogP contribution in [-0.4, -0.2) is 40.4 Å². The summed E-state index contributed by atoms with van der Waals surface area (Å²) in [5.41, 5.74) is 2.44. The molecule has 106 valence electrons. The smallest absolute Gasteiger partial charge is 0.241 e. The van der Waals surface area contributed by atoms with E-state index in [0.29, 0.717) is 11.8 Å². The number of nitrogens with zero attached hydrogens (tertiary/aromatic N) is 3. The Kier molecular flexibility index (Phi) is 3.66. The summed E-state index contributed by atoms with van der Waals surface area (Å²) in [5, 5.41) is 5.94. The van der Waals surface area contributed by atoms with Crippen LogP contribution in [0.25, 0.3) is 10.2 Å². The molecule has 3 rings (SSSR count). The molecule has 0 bridgehead atoms. The number of thiophene rings is 1.